The molecule has 0 aliphatic carbocycles. The van der Waals surface area contributed by atoms with Crippen molar-refractivity contribution in [2.75, 3.05) is 12.8 Å². The SMILES string of the molecule is COc1c(N)cccc1-c1nc(C)co1. The zero-order valence-electron chi connectivity index (χ0n) is 8.65. The fraction of sp³-hybridized carbons (Fsp3) is 0.182. The van der Waals surface area contributed by atoms with E-state index in [1.54, 1.807) is 19.4 Å². The highest BCUT2D eigenvalue weighted by Crippen LogP contribution is 2.33. The molecule has 0 radical (unpaired) electrons. The van der Waals surface area contributed by atoms with Gasteiger partial charge in [0, 0.05) is 0 Å². The second kappa shape index (κ2) is 3.65. The Morgan fingerprint density at radius 3 is 2.80 bits per heavy atom. The number of oxazole rings is 1. The minimum atomic E-state index is 0.525. The summed E-state index contributed by atoms with van der Waals surface area (Å²) in [6.07, 6.45) is 1.60. The van der Waals surface area contributed by atoms with Crippen LogP contribution >= 0.6 is 0 Å². The third-order valence-corrected chi connectivity index (χ3v) is 2.10. The maximum absolute atomic E-state index is 5.78. The number of aromatic nitrogens is 1. The number of nitrogen functional groups attached to an aromatic ring is 1. The van der Waals surface area contributed by atoms with Gasteiger partial charge in [-0.25, -0.2) is 4.98 Å². The zero-order chi connectivity index (χ0) is 10.8. The van der Waals surface area contributed by atoms with Crippen LogP contribution in [0.1, 0.15) is 5.69 Å². The van der Waals surface area contributed by atoms with E-state index in [1.165, 1.54) is 0 Å². The summed E-state index contributed by atoms with van der Waals surface area (Å²) in [6.45, 7) is 1.87. The number of anilines is 1. The van der Waals surface area contributed by atoms with Crippen LogP contribution in [0.2, 0.25) is 0 Å². The number of ether oxygens (including phenoxy) is 1. The molecule has 2 N–H and O–H groups in total. The van der Waals surface area contributed by atoms with Crippen molar-refractivity contribution < 1.29 is 9.15 Å². The molecule has 0 aliphatic rings. The molecule has 15 heavy (non-hydrogen) atoms. The molecule has 4 nitrogen and oxygen atoms in total. The first kappa shape index (κ1) is 9.58. The number of nitrogens with two attached hydrogens (primary N) is 1. The predicted molar refractivity (Wildman–Crippen MR) is 57.6 cm³/mol. The monoisotopic (exact) mass is 204 g/mol. The molecule has 0 unspecified atom stereocenters. The van der Waals surface area contributed by atoms with Crippen molar-refractivity contribution in [3.8, 4) is 17.2 Å². The van der Waals surface area contributed by atoms with Gasteiger partial charge in [-0.15, -0.1) is 0 Å². The fourth-order valence-corrected chi connectivity index (χ4v) is 1.43. The quantitative estimate of drug-likeness (QED) is 0.762. The second-order valence-corrected chi connectivity index (χ2v) is 3.22. The molecule has 1 aromatic heterocycles. The van der Waals surface area contributed by atoms with Gasteiger partial charge < -0.3 is 14.9 Å². The maximum atomic E-state index is 5.78. The Morgan fingerprint density at radius 1 is 1.40 bits per heavy atom. The van der Waals surface area contributed by atoms with Crippen LogP contribution in [0.5, 0.6) is 5.75 Å². The van der Waals surface area contributed by atoms with Crippen molar-refractivity contribution in [1.29, 1.82) is 0 Å². The van der Waals surface area contributed by atoms with Crippen molar-refractivity contribution in [2.45, 2.75) is 6.92 Å². The van der Waals surface area contributed by atoms with Gasteiger partial charge in [0.25, 0.3) is 0 Å². The molecule has 0 bridgehead atoms. The molecule has 0 fully saturated rings. The molecule has 0 saturated heterocycles. The average molecular weight is 204 g/mol. The number of aryl methyl sites for hydroxylation is 1. The molecule has 1 heterocycles. The van der Waals surface area contributed by atoms with E-state index in [0.29, 0.717) is 17.3 Å². The molecule has 2 rings (SSSR count). The van der Waals surface area contributed by atoms with E-state index in [2.05, 4.69) is 4.98 Å². The van der Waals surface area contributed by atoms with Crippen LogP contribution < -0.4 is 10.5 Å². The van der Waals surface area contributed by atoms with Crippen LogP contribution in [0.4, 0.5) is 5.69 Å². The highest BCUT2D eigenvalue weighted by molar-refractivity contribution is 5.72. The van der Waals surface area contributed by atoms with Crippen molar-refractivity contribution in [3.05, 3.63) is 30.2 Å². The molecule has 2 aromatic rings. The van der Waals surface area contributed by atoms with Crippen LogP contribution in [0.3, 0.4) is 0 Å². The Hall–Kier alpha value is -1.97. The lowest BCUT2D eigenvalue weighted by molar-refractivity contribution is 0.416. The first-order chi connectivity index (χ1) is 7.22. The number of nitrogens with zero attached hydrogens (tertiary/aromatic N) is 1. The van der Waals surface area contributed by atoms with Gasteiger partial charge in [-0.05, 0) is 19.1 Å². The van der Waals surface area contributed by atoms with Gasteiger partial charge in [-0.2, -0.15) is 0 Å². The number of hydrogen-bond acceptors (Lipinski definition) is 4. The first-order valence-electron chi connectivity index (χ1n) is 4.57. The molecule has 0 saturated carbocycles. The third kappa shape index (κ3) is 1.66. The van der Waals surface area contributed by atoms with Crippen LogP contribution in [0.25, 0.3) is 11.5 Å². The second-order valence-electron chi connectivity index (χ2n) is 3.22. The molecular weight excluding hydrogens is 192 g/mol. The normalized spacial score (nSPS) is 10.3. The molecule has 4 heteroatoms. The van der Waals surface area contributed by atoms with Gasteiger partial charge in [0.1, 0.15) is 6.26 Å². The van der Waals surface area contributed by atoms with Crippen molar-refractivity contribution in [3.63, 3.8) is 0 Å². The molecule has 1 aromatic carbocycles. The van der Waals surface area contributed by atoms with E-state index in [4.69, 9.17) is 14.9 Å². The van der Waals surface area contributed by atoms with Crippen molar-refractivity contribution in [2.24, 2.45) is 0 Å². The number of methoxy groups -OCH3 is 1. The number of rotatable bonds is 2. The molecular formula is C11H12N2O2. The van der Waals surface area contributed by atoms with Crippen molar-refractivity contribution in [1.82, 2.24) is 4.98 Å². The van der Waals surface area contributed by atoms with Gasteiger partial charge >= 0.3 is 0 Å². The van der Waals surface area contributed by atoms with Crippen LogP contribution in [0.15, 0.2) is 28.9 Å². The summed E-state index contributed by atoms with van der Waals surface area (Å²) in [5, 5.41) is 0. The van der Waals surface area contributed by atoms with E-state index in [9.17, 15) is 0 Å². The van der Waals surface area contributed by atoms with Gasteiger partial charge in [-0.3, -0.25) is 0 Å². The number of hydrogen-bond donors (Lipinski definition) is 1. The van der Waals surface area contributed by atoms with E-state index in [-0.39, 0.29) is 0 Å². The molecule has 0 aliphatic heterocycles. The summed E-state index contributed by atoms with van der Waals surface area (Å²) in [6, 6.07) is 5.48. The highest BCUT2D eigenvalue weighted by Gasteiger charge is 2.12. The molecule has 0 amide bonds. The average Bonchev–Trinajstić information content (AvgIpc) is 2.64. The van der Waals surface area contributed by atoms with E-state index >= 15 is 0 Å². The van der Waals surface area contributed by atoms with Crippen LogP contribution in [0, 0.1) is 6.92 Å². The summed E-state index contributed by atoms with van der Waals surface area (Å²) in [5.74, 6) is 1.12. The van der Waals surface area contributed by atoms with E-state index < -0.39 is 0 Å². The van der Waals surface area contributed by atoms with Gasteiger partial charge in [0.05, 0.1) is 24.1 Å². The Bertz CT molecular complexity index is 477. The third-order valence-electron chi connectivity index (χ3n) is 2.10. The van der Waals surface area contributed by atoms with E-state index in [1.807, 2.05) is 19.1 Å². The summed E-state index contributed by atoms with van der Waals surface area (Å²) < 4.78 is 10.5. The molecule has 0 spiro atoms. The minimum absolute atomic E-state index is 0.525. The fourth-order valence-electron chi connectivity index (χ4n) is 1.43. The largest absolute Gasteiger partial charge is 0.494 e. The van der Waals surface area contributed by atoms with Crippen molar-refractivity contribution >= 4 is 5.69 Å². The summed E-state index contributed by atoms with van der Waals surface area (Å²) in [7, 11) is 1.57. The lowest BCUT2D eigenvalue weighted by Gasteiger charge is -2.07. The van der Waals surface area contributed by atoms with Gasteiger partial charge in [0.2, 0.25) is 5.89 Å². The van der Waals surface area contributed by atoms with Gasteiger partial charge in [0.15, 0.2) is 5.75 Å². The number of para-hydroxylation sites is 1. The Morgan fingerprint density at radius 2 is 2.20 bits per heavy atom. The molecule has 0 atom stereocenters. The minimum Gasteiger partial charge on any atom is -0.494 e. The Balaban J connectivity index is 2.57. The lowest BCUT2D eigenvalue weighted by Crippen LogP contribution is -1.94. The topological polar surface area (TPSA) is 61.3 Å². The summed E-state index contributed by atoms with van der Waals surface area (Å²) >= 11 is 0. The predicted octanol–water partition coefficient (Wildman–Crippen LogP) is 2.24. The Kier molecular flexibility index (Phi) is 2.33. The lowest BCUT2D eigenvalue weighted by atomic mass is 10.1. The zero-order valence-corrected chi connectivity index (χ0v) is 8.65. The smallest absolute Gasteiger partial charge is 0.229 e. The molecule has 78 valence electrons. The summed E-state index contributed by atoms with van der Waals surface area (Å²) in [5.41, 5.74) is 7.95. The first-order valence-corrected chi connectivity index (χ1v) is 4.57. The summed E-state index contributed by atoms with van der Waals surface area (Å²) in [4.78, 5) is 4.23. The number of benzene rings is 1. The highest BCUT2D eigenvalue weighted by atomic mass is 16.5. The van der Waals surface area contributed by atoms with Gasteiger partial charge in [-0.1, -0.05) is 6.07 Å². The van der Waals surface area contributed by atoms with Crippen LogP contribution in [-0.2, 0) is 0 Å². The standard InChI is InChI=1S/C11H12N2O2/c1-7-6-15-11(13-7)8-4-3-5-9(12)10(8)14-2/h3-6H,12H2,1-2H3. The maximum Gasteiger partial charge on any atom is 0.229 e. The van der Waals surface area contributed by atoms with Crippen LogP contribution in [-0.4, -0.2) is 12.1 Å². The van der Waals surface area contributed by atoms with E-state index in [0.717, 1.165) is 11.3 Å². The Labute approximate surface area is 87.7 Å².